The van der Waals surface area contributed by atoms with Crippen LogP contribution in [0, 0.1) is 0 Å². The van der Waals surface area contributed by atoms with Gasteiger partial charge in [0.15, 0.2) is 5.75 Å². The van der Waals surface area contributed by atoms with Gasteiger partial charge in [0.05, 0.1) is 7.11 Å². The molecule has 0 aromatic heterocycles. The largest absolute Gasteiger partial charge is 0.505 e. The second-order valence-electron chi connectivity index (χ2n) is 5.74. The number of phenolic OH excluding ortho intramolecular Hbond substituents is 1. The van der Waals surface area contributed by atoms with Crippen molar-refractivity contribution < 1.29 is 35.8 Å². The summed E-state index contributed by atoms with van der Waals surface area (Å²) in [6.07, 6.45) is 0. The highest BCUT2D eigenvalue weighted by atomic mass is 32.2. The van der Waals surface area contributed by atoms with Crippen molar-refractivity contribution >= 4 is 42.4 Å². The van der Waals surface area contributed by atoms with E-state index in [1.807, 2.05) is 0 Å². The van der Waals surface area contributed by atoms with Gasteiger partial charge in [-0.1, -0.05) is 24.3 Å². The summed E-state index contributed by atoms with van der Waals surface area (Å²) < 4.78 is 71.1. The molecule has 152 valence electrons. The second kappa shape index (κ2) is 7.40. The van der Waals surface area contributed by atoms with Crippen molar-refractivity contribution in [1.29, 1.82) is 0 Å². The van der Waals surface area contributed by atoms with Crippen LogP contribution in [0.3, 0.4) is 0 Å². The monoisotopic (exact) mass is 438 g/mol. The summed E-state index contributed by atoms with van der Waals surface area (Å²) in [5.41, 5.74) is -0.210. The van der Waals surface area contributed by atoms with E-state index in [-0.39, 0.29) is 11.1 Å². The zero-order valence-corrected chi connectivity index (χ0v) is 16.3. The zero-order valence-electron chi connectivity index (χ0n) is 14.7. The molecule has 0 aliphatic rings. The van der Waals surface area contributed by atoms with E-state index in [0.717, 1.165) is 24.3 Å². The maximum atomic E-state index is 11.8. The second-order valence-corrected chi connectivity index (χ2v) is 8.52. The Morgan fingerprint density at radius 1 is 0.828 bits per heavy atom. The summed E-state index contributed by atoms with van der Waals surface area (Å²) in [7, 11) is -8.28. The third-order valence-corrected chi connectivity index (χ3v) is 5.73. The first kappa shape index (κ1) is 20.7. The zero-order chi connectivity index (χ0) is 21.4. The van der Waals surface area contributed by atoms with Gasteiger partial charge in [-0.05, 0) is 24.3 Å². The van der Waals surface area contributed by atoms with E-state index >= 15 is 0 Å². The van der Waals surface area contributed by atoms with Crippen LogP contribution in [0.15, 0.2) is 68.6 Å². The van der Waals surface area contributed by atoms with Crippen LogP contribution in [-0.4, -0.2) is 38.2 Å². The predicted molar refractivity (Wildman–Crippen MR) is 102 cm³/mol. The average molecular weight is 438 g/mol. The Hall–Kier alpha value is -3.06. The summed E-state index contributed by atoms with van der Waals surface area (Å²) in [4.78, 5) is -1.48. The van der Waals surface area contributed by atoms with E-state index < -0.39 is 46.9 Å². The van der Waals surface area contributed by atoms with Crippen LogP contribution in [-0.2, 0) is 20.2 Å². The number of rotatable bonds is 5. The van der Waals surface area contributed by atoms with E-state index in [9.17, 15) is 31.0 Å². The average Bonchev–Trinajstić information content (AvgIpc) is 2.65. The lowest BCUT2D eigenvalue weighted by Gasteiger charge is -2.11. The molecule has 0 unspecified atom stereocenters. The maximum absolute atomic E-state index is 11.8. The molecule has 0 saturated heterocycles. The van der Waals surface area contributed by atoms with Crippen molar-refractivity contribution in [2.75, 3.05) is 7.11 Å². The molecule has 0 aliphatic carbocycles. The lowest BCUT2D eigenvalue weighted by molar-refractivity contribution is 0.416. The normalized spacial score (nSPS) is 12.5. The molecule has 0 radical (unpaired) electrons. The minimum Gasteiger partial charge on any atom is -0.505 e. The van der Waals surface area contributed by atoms with Crippen molar-refractivity contribution in [3.63, 3.8) is 0 Å². The molecule has 0 bridgehead atoms. The van der Waals surface area contributed by atoms with Crippen molar-refractivity contribution in [3.05, 3.63) is 48.5 Å². The number of nitrogens with zero attached hydrogens (tertiary/aromatic N) is 2. The molecule has 3 aromatic rings. The van der Waals surface area contributed by atoms with Crippen molar-refractivity contribution in [2.45, 2.75) is 9.79 Å². The minimum absolute atomic E-state index is 0.242. The molecule has 3 rings (SSSR count). The molecule has 0 atom stereocenters. The lowest BCUT2D eigenvalue weighted by Crippen LogP contribution is -2.03. The van der Waals surface area contributed by atoms with E-state index in [2.05, 4.69) is 10.2 Å². The summed E-state index contributed by atoms with van der Waals surface area (Å²) >= 11 is 0. The van der Waals surface area contributed by atoms with Crippen LogP contribution in [0.4, 0.5) is 11.4 Å². The molecule has 3 aromatic carbocycles. The van der Waals surface area contributed by atoms with Crippen molar-refractivity contribution in [3.8, 4) is 11.5 Å². The smallest absolute Gasteiger partial charge is 0.295 e. The number of azo groups is 1. The summed E-state index contributed by atoms with van der Waals surface area (Å²) in [6.45, 7) is 0. The first-order chi connectivity index (χ1) is 13.5. The van der Waals surface area contributed by atoms with Crippen LogP contribution >= 0.6 is 0 Å². The Morgan fingerprint density at radius 2 is 1.45 bits per heavy atom. The molecule has 0 saturated carbocycles. The molecule has 0 amide bonds. The Labute approximate surface area is 165 Å². The number of para-hydroxylation sites is 1. The summed E-state index contributed by atoms with van der Waals surface area (Å²) in [5.74, 6) is -0.413. The maximum Gasteiger partial charge on any atom is 0.295 e. The van der Waals surface area contributed by atoms with Crippen molar-refractivity contribution in [2.24, 2.45) is 10.2 Å². The fourth-order valence-corrected chi connectivity index (χ4v) is 4.13. The standard InChI is InChI=1S/C17H14N2O8S2/c1-27-13-7-3-2-6-11(13)18-19-12-9-15(29(24,25)26)10-5-4-8-14(28(21,22)23)16(10)17(12)20/h2-9,20H,1H3,(H,21,22,23)(H,24,25,26). The van der Waals surface area contributed by atoms with Gasteiger partial charge in [0.1, 0.15) is 26.9 Å². The fraction of sp³-hybridized carbons (Fsp3) is 0.0588. The number of fused-ring (bicyclic) bond motifs is 1. The summed E-state index contributed by atoms with van der Waals surface area (Å²) in [6, 6.07) is 10.6. The van der Waals surface area contributed by atoms with Gasteiger partial charge < -0.3 is 9.84 Å². The Morgan fingerprint density at radius 3 is 2.07 bits per heavy atom. The number of phenols is 1. The van der Waals surface area contributed by atoms with E-state index in [1.54, 1.807) is 18.2 Å². The third kappa shape index (κ3) is 4.05. The first-order valence-corrected chi connectivity index (χ1v) is 10.7. The number of benzene rings is 3. The van der Waals surface area contributed by atoms with E-state index in [1.165, 1.54) is 13.2 Å². The van der Waals surface area contributed by atoms with Crippen LogP contribution < -0.4 is 4.74 Å². The van der Waals surface area contributed by atoms with Crippen LogP contribution in [0.5, 0.6) is 11.5 Å². The van der Waals surface area contributed by atoms with Gasteiger partial charge >= 0.3 is 0 Å². The Kier molecular flexibility index (Phi) is 5.28. The molecular weight excluding hydrogens is 424 g/mol. The minimum atomic E-state index is -4.84. The third-order valence-electron chi connectivity index (χ3n) is 3.95. The SMILES string of the molecule is COc1ccccc1N=Nc1cc(S(=O)(=O)O)c2cccc(S(=O)(=O)O)c2c1O. The molecule has 29 heavy (non-hydrogen) atoms. The molecule has 0 heterocycles. The predicted octanol–water partition coefficient (Wildman–Crippen LogP) is 3.46. The highest BCUT2D eigenvalue weighted by molar-refractivity contribution is 7.86. The quantitative estimate of drug-likeness (QED) is 0.403. The van der Waals surface area contributed by atoms with Crippen LogP contribution in [0.25, 0.3) is 10.8 Å². The molecular formula is C17H14N2O8S2. The Balaban J connectivity index is 2.37. The van der Waals surface area contributed by atoms with Crippen LogP contribution in [0.1, 0.15) is 0 Å². The molecule has 0 spiro atoms. The van der Waals surface area contributed by atoms with E-state index in [4.69, 9.17) is 4.74 Å². The van der Waals surface area contributed by atoms with Crippen LogP contribution in [0.2, 0.25) is 0 Å². The highest BCUT2D eigenvalue weighted by Gasteiger charge is 2.25. The number of methoxy groups -OCH3 is 1. The first-order valence-electron chi connectivity index (χ1n) is 7.82. The number of ether oxygens (including phenoxy) is 1. The Bertz CT molecular complexity index is 1350. The molecule has 10 nitrogen and oxygen atoms in total. The van der Waals surface area contributed by atoms with Gasteiger partial charge in [0, 0.05) is 10.8 Å². The van der Waals surface area contributed by atoms with Gasteiger partial charge in [-0.2, -0.15) is 16.8 Å². The topological polar surface area (TPSA) is 163 Å². The molecule has 3 N–H and O–H groups in total. The molecule has 0 aliphatic heterocycles. The van der Waals surface area contributed by atoms with E-state index in [0.29, 0.717) is 5.75 Å². The number of aromatic hydroxyl groups is 1. The van der Waals surface area contributed by atoms with Crippen molar-refractivity contribution in [1.82, 2.24) is 0 Å². The van der Waals surface area contributed by atoms with Gasteiger partial charge in [-0.15, -0.1) is 10.2 Å². The van der Waals surface area contributed by atoms with Gasteiger partial charge in [0.2, 0.25) is 0 Å². The van der Waals surface area contributed by atoms with Gasteiger partial charge in [-0.3, -0.25) is 9.11 Å². The lowest BCUT2D eigenvalue weighted by atomic mass is 10.1. The van der Waals surface area contributed by atoms with Gasteiger partial charge in [0.25, 0.3) is 20.2 Å². The number of hydrogen-bond donors (Lipinski definition) is 3. The summed E-state index contributed by atoms with van der Waals surface area (Å²) in [5, 5.41) is 17.4. The van der Waals surface area contributed by atoms with Gasteiger partial charge in [-0.25, -0.2) is 0 Å². The fourth-order valence-electron chi connectivity index (χ4n) is 2.70. The number of hydrogen-bond acceptors (Lipinski definition) is 8. The highest BCUT2D eigenvalue weighted by Crippen LogP contribution is 2.43. The molecule has 0 fully saturated rings. The molecule has 12 heteroatoms.